The maximum absolute atomic E-state index is 9.10. The number of carboxylic acid groups (broad SMARTS) is 4. The summed E-state index contributed by atoms with van der Waals surface area (Å²) < 4.78 is 0. The van der Waals surface area contributed by atoms with Gasteiger partial charge in [0.05, 0.1) is 6.33 Å². The summed E-state index contributed by atoms with van der Waals surface area (Å²) >= 11 is 0. The smallest absolute Gasteiger partial charge is 0.414 e. The molecule has 0 radical (unpaired) electrons. The van der Waals surface area contributed by atoms with Gasteiger partial charge in [-0.05, 0) is 17.7 Å². The van der Waals surface area contributed by atoms with Crippen molar-refractivity contribution in [1.29, 1.82) is 0 Å². The molecule has 24 heavy (non-hydrogen) atoms. The first kappa shape index (κ1) is 20.2. The summed E-state index contributed by atoms with van der Waals surface area (Å²) in [6.07, 6.45) is 8.01. The molecule has 0 saturated carbocycles. The summed E-state index contributed by atoms with van der Waals surface area (Å²) in [5.74, 6) is -7.30. The number of imidazole rings is 1. The fourth-order valence-corrected chi connectivity index (χ4v) is 1.10. The lowest BCUT2D eigenvalue weighted by Crippen LogP contribution is -2.09. The Morgan fingerprint density at radius 3 is 1.62 bits per heavy atom. The van der Waals surface area contributed by atoms with Crippen molar-refractivity contribution in [3.05, 3.63) is 48.3 Å². The first-order chi connectivity index (χ1) is 11.2. The molecule has 0 bridgehead atoms. The van der Waals surface area contributed by atoms with Gasteiger partial charge >= 0.3 is 23.9 Å². The number of hydrogen-bond acceptors (Lipinski definition) is 6. The first-order valence-electron chi connectivity index (χ1n) is 6.02. The fraction of sp³-hybridized carbons (Fsp3) is 0.0769. The predicted octanol–water partition coefficient (Wildman–Crippen LogP) is -0.293. The second-order valence-corrected chi connectivity index (χ2v) is 3.83. The van der Waals surface area contributed by atoms with Gasteiger partial charge in [0, 0.05) is 30.7 Å². The van der Waals surface area contributed by atoms with E-state index in [2.05, 4.69) is 15.0 Å². The Hall–Kier alpha value is -3.76. The van der Waals surface area contributed by atoms with Gasteiger partial charge in [0.2, 0.25) is 0 Å². The Labute approximate surface area is 134 Å². The molecule has 11 nitrogen and oxygen atoms in total. The van der Waals surface area contributed by atoms with Crippen molar-refractivity contribution in [2.75, 3.05) is 0 Å². The van der Waals surface area contributed by atoms with Gasteiger partial charge in [0.15, 0.2) is 0 Å². The molecule has 0 amide bonds. The molecule has 2 aromatic rings. The van der Waals surface area contributed by atoms with Gasteiger partial charge in [-0.15, -0.1) is 0 Å². The molecule has 2 rings (SSSR count). The predicted molar refractivity (Wildman–Crippen MR) is 76.2 cm³/mol. The maximum atomic E-state index is 9.10. The van der Waals surface area contributed by atoms with Crippen LogP contribution in [-0.4, -0.2) is 59.3 Å². The monoisotopic (exact) mass is 339 g/mol. The van der Waals surface area contributed by atoms with Crippen LogP contribution in [0, 0.1) is 0 Å². The van der Waals surface area contributed by atoms with E-state index in [4.69, 9.17) is 39.6 Å². The zero-order valence-electron chi connectivity index (χ0n) is 12.0. The third kappa shape index (κ3) is 10.0. The minimum absolute atomic E-state index is 0.891. The van der Waals surface area contributed by atoms with Gasteiger partial charge in [-0.1, -0.05) is 0 Å². The molecule has 0 aliphatic carbocycles. The number of pyridine rings is 1. The van der Waals surface area contributed by atoms with Crippen LogP contribution in [0.4, 0.5) is 0 Å². The van der Waals surface area contributed by atoms with Crippen LogP contribution in [-0.2, 0) is 25.6 Å². The molecule has 0 aliphatic heterocycles. The quantitative estimate of drug-likeness (QED) is 0.454. The van der Waals surface area contributed by atoms with Crippen LogP contribution in [0.1, 0.15) is 11.3 Å². The van der Waals surface area contributed by atoms with Crippen molar-refractivity contribution in [3.8, 4) is 0 Å². The molecule has 0 unspecified atom stereocenters. The number of aromatic amines is 1. The lowest BCUT2D eigenvalue weighted by molar-refractivity contribution is -0.159. The number of carbonyl (C=O) groups is 4. The average molecular weight is 339 g/mol. The molecule has 0 atom stereocenters. The Bertz CT molecular complexity index is 622. The highest BCUT2D eigenvalue weighted by atomic mass is 16.4. The molecule has 0 fully saturated rings. The summed E-state index contributed by atoms with van der Waals surface area (Å²) in [6.45, 7) is 0. The Kier molecular flexibility index (Phi) is 9.19. The summed E-state index contributed by atoms with van der Waals surface area (Å²) in [6, 6.07) is 4.00. The van der Waals surface area contributed by atoms with Crippen molar-refractivity contribution in [2.24, 2.45) is 0 Å². The van der Waals surface area contributed by atoms with Crippen molar-refractivity contribution in [1.82, 2.24) is 15.0 Å². The van der Waals surface area contributed by atoms with Gasteiger partial charge < -0.3 is 25.4 Å². The lowest BCUT2D eigenvalue weighted by atomic mass is 10.2. The highest BCUT2D eigenvalue weighted by molar-refractivity contribution is 6.27. The van der Waals surface area contributed by atoms with E-state index in [1.807, 2.05) is 18.3 Å². The molecular weight excluding hydrogens is 326 g/mol. The Morgan fingerprint density at radius 1 is 0.833 bits per heavy atom. The third-order valence-electron chi connectivity index (χ3n) is 2.06. The summed E-state index contributed by atoms with van der Waals surface area (Å²) in [5, 5.41) is 29.6. The van der Waals surface area contributed by atoms with Crippen LogP contribution < -0.4 is 0 Å². The number of nitrogens with zero attached hydrogens (tertiary/aromatic N) is 2. The minimum atomic E-state index is -1.82. The summed E-state index contributed by atoms with van der Waals surface area (Å²) in [4.78, 5) is 47.3. The lowest BCUT2D eigenvalue weighted by Gasteiger charge is -1.95. The number of carboxylic acids is 4. The maximum Gasteiger partial charge on any atom is 0.414 e. The zero-order chi connectivity index (χ0) is 18.5. The van der Waals surface area contributed by atoms with Crippen LogP contribution in [0.15, 0.2) is 37.1 Å². The largest absolute Gasteiger partial charge is 0.473 e. The molecule has 0 saturated heterocycles. The molecular formula is C13H13N3O8. The standard InChI is InChI=1S/C9H9N3.2C2H2O4/c1-3-10-4-2-8(1)5-9-6-11-7-12-9;2*3-1(4)2(5)6/h1-4,6-7H,5H2,(H,11,12);2*(H,3,4)(H,5,6). The van der Waals surface area contributed by atoms with Gasteiger partial charge in [-0.2, -0.15) is 0 Å². The Balaban J connectivity index is 0.000000377. The molecule has 5 N–H and O–H groups in total. The highest BCUT2D eigenvalue weighted by Crippen LogP contribution is 2.03. The highest BCUT2D eigenvalue weighted by Gasteiger charge is 2.04. The minimum Gasteiger partial charge on any atom is -0.473 e. The van der Waals surface area contributed by atoms with Gasteiger partial charge in [0.1, 0.15) is 0 Å². The van der Waals surface area contributed by atoms with E-state index in [1.54, 1.807) is 18.7 Å². The number of H-pyrrole nitrogens is 1. The SMILES string of the molecule is O=C(O)C(=O)O.O=C(O)C(=O)O.c1cc(Cc2cnc[nH]2)ccn1. The van der Waals surface area contributed by atoms with E-state index in [-0.39, 0.29) is 0 Å². The van der Waals surface area contributed by atoms with E-state index in [1.165, 1.54) is 5.56 Å². The molecule has 0 aromatic carbocycles. The van der Waals surface area contributed by atoms with Crippen molar-refractivity contribution >= 4 is 23.9 Å². The third-order valence-corrected chi connectivity index (χ3v) is 2.06. The number of aliphatic carboxylic acids is 4. The second kappa shape index (κ2) is 10.9. The Morgan fingerprint density at radius 2 is 1.29 bits per heavy atom. The molecule has 2 aromatic heterocycles. The molecule has 128 valence electrons. The zero-order valence-corrected chi connectivity index (χ0v) is 12.0. The van der Waals surface area contributed by atoms with Gasteiger partial charge in [-0.25, -0.2) is 24.2 Å². The summed E-state index contributed by atoms with van der Waals surface area (Å²) in [7, 11) is 0. The number of aromatic nitrogens is 3. The molecule has 0 spiro atoms. The van der Waals surface area contributed by atoms with E-state index in [9.17, 15) is 0 Å². The van der Waals surface area contributed by atoms with Gasteiger partial charge in [-0.3, -0.25) is 4.98 Å². The van der Waals surface area contributed by atoms with Crippen LogP contribution in [0.2, 0.25) is 0 Å². The fourth-order valence-electron chi connectivity index (χ4n) is 1.10. The normalized spacial score (nSPS) is 8.67. The molecule has 0 aliphatic rings. The van der Waals surface area contributed by atoms with Crippen LogP contribution in [0.3, 0.4) is 0 Å². The van der Waals surface area contributed by atoms with E-state index in [0.29, 0.717) is 0 Å². The number of rotatable bonds is 2. The first-order valence-corrected chi connectivity index (χ1v) is 6.02. The van der Waals surface area contributed by atoms with E-state index >= 15 is 0 Å². The van der Waals surface area contributed by atoms with E-state index in [0.717, 1.165) is 12.1 Å². The molecule has 2 heterocycles. The second-order valence-electron chi connectivity index (χ2n) is 3.83. The number of nitrogens with one attached hydrogen (secondary N) is 1. The van der Waals surface area contributed by atoms with E-state index < -0.39 is 23.9 Å². The van der Waals surface area contributed by atoms with Crippen LogP contribution >= 0.6 is 0 Å². The number of hydrogen-bond donors (Lipinski definition) is 5. The van der Waals surface area contributed by atoms with Crippen LogP contribution in [0.25, 0.3) is 0 Å². The summed E-state index contributed by atoms with van der Waals surface area (Å²) in [5.41, 5.74) is 2.37. The van der Waals surface area contributed by atoms with Crippen molar-refractivity contribution in [2.45, 2.75) is 6.42 Å². The van der Waals surface area contributed by atoms with Crippen molar-refractivity contribution in [3.63, 3.8) is 0 Å². The van der Waals surface area contributed by atoms with Gasteiger partial charge in [0.25, 0.3) is 0 Å². The van der Waals surface area contributed by atoms with Crippen LogP contribution in [0.5, 0.6) is 0 Å². The average Bonchev–Trinajstić information content (AvgIpc) is 3.02. The van der Waals surface area contributed by atoms with Crippen molar-refractivity contribution < 1.29 is 39.6 Å². The topological polar surface area (TPSA) is 191 Å². The molecule has 11 heteroatoms.